The van der Waals surface area contributed by atoms with Crippen LogP contribution < -0.4 is 4.74 Å². The van der Waals surface area contributed by atoms with E-state index in [1.54, 1.807) is 6.20 Å². The number of aliphatic hydroxyl groups excluding tert-OH is 1. The molecule has 0 fully saturated rings. The molecule has 1 N–H and O–H groups in total. The van der Waals surface area contributed by atoms with E-state index in [0.29, 0.717) is 0 Å². The second-order valence-corrected chi connectivity index (χ2v) is 3.47. The molecular weight excluding hydrogens is 190 g/mol. The van der Waals surface area contributed by atoms with Gasteiger partial charge in [-0.15, -0.1) is 0 Å². The molecule has 2 rings (SSSR count). The molecule has 1 unspecified atom stereocenters. The number of rotatable bonds is 3. The predicted molar refractivity (Wildman–Crippen MR) is 58.9 cm³/mol. The van der Waals surface area contributed by atoms with Crippen LogP contribution in [0.3, 0.4) is 0 Å². The van der Waals surface area contributed by atoms with E-state index in [-0.39, 0.29) is 12.7 Å². The van der Waals surface area contributed by atoms with Crippen LogP contribution in [0.1, 0.15) is 6.92 Å². The van der Waals surface area contributed by atoms with Crippen molar-refractivity contribution in [3.05, 3.63) is 36.5 Å². The fraction of sp³-hybridized carbons (Fsp3) is 0.250. The predicted octanol–water partition coefficient (Wildman–Crippen LogP) is 1.99. The normalized spacial score (nSPS) is 12.7. The van der Waals surface area contributed by atoms with Crippen LogP contribution in [0.2, 0.25) is 0 Å². The van der Waals surface area contributed by atoms with Crippen molar-refractivity contribution in [1.29, 1.82) is 0 Å². The fourth-order valence-corrected chi connectivity index (χ4v) is 1.40. The first-order valence-corrected chi connectivity index (χ1v) is 4.92. The minimum absolute atomic E-state index is 0.0189. The van der Waals surface area contributed by atoms with Crippen molar-refractivity contribution in [1.82, 2.24) is 4.98 Å². The molecule has 1 heterocycles. The lowest BCUT2D eigenvalue weighted by molar-refractivity contribution is 0.130. The Labute approximate surface area is 88.3 Å². The van der Waals surface area contributed by atoms with E-state index in [2.05, 4.69) is 4.98 Å². The average Bonchev–Trinajstić information content (AvgIpc) is 2.29. The van der Waals surface area contributed by atoms with Crippen molar-refractivity contribution in [3.8, 4) is 5.75 Å². The van der Waals surface area contributed by atoms with Gasteiger partial charge in [0.1, 0.15) is 11.9 Å². The molecule has 1 aromatic heterocycles. The van der Waals surface area contributed by atoms with Gasteiger partial charge in [0.05, 0.1) is 12.1 Å². The lowest BCUT2D eigenvalue weighted by Gasteiger charge is -2.11. The van der Waals surface area contributed by atoms with Gasteiger partial charge in [-0.2, -0.15) is 0 Å². The number of hydrogen-bond acceptors (Lipinski definition) is 3. The molecule has 0 aliphatic carbocycles. The smallest absolute Gasteiger partial charge is 0.120 e. The van der Waals surface area contributed by atoms with E-state index in [1.807, 2.05) is 37.3 Å². The first kappa shape index (κ1) is 9.93. The Balaban J connectivity index is 2.30. The molecule has 78 valence electrons. The van der Waals surface area contributed by atoms with Gasteiger partial charge >= 0.3 is 0 Å². The van der Waals surface area contributed by atoms with Crippen molar-refractivity contribution in [2.75, 3.05) is 6.61 Å². The highest BCUT2D eigenvalue weighted by atomic mass is 16.5. The number of nitrogens with zero attached hydrogens (tertiary/aromatic N) is 1. The fourth-order valence-electron chi connectivity index (χ4n) is 1.40. The van der Waals surface area contributed by atoms with Crippen LogP contribution in [0.4, 0.5) is 0 Å². The van der Waals surface area contributed by atoms with Gasteiger partial charge in [-0.3, -0.25) is 4.98 Å². The number of hydrogen-bond donors (Lipinski definition) is 1. The summed E-state index contributed by atoms with van der Waals surface area (Å²) in [5.41, 5.74) is 0.946. The maximum Gasteiger partial charge on any atom is 0.120 e. The van der Waals surface area contributed by atoms with Gasteiger partial charge in [-0.1, -0.05) is 6.07 Å². The Bertz CT molecular complexity index is 456. The first-order valence-electron chi connectivity index (χ1n) is 4.92. The Kier molecular flexibility index (Phi) is 2.83. The van der Waals surface area contributed by atoms with Crippen molar-refractivity contribution < 1.29 is 9.84 Å². The molecule has 0 aliphatic rings. The third-order valence-electron chi connectivity index (χ3n) is 2.17. The summed E-state index contributed by atoms with van der Waals surface area (Å²) in [6.07, 6.45) is 1.58. The van der Waals surface area contributed by atoms with Crippen LogP contribution in [0.25, 0.3) is 10.9 Å². The topological polar surface area (TPSA) is 42.4 Å². The Morgan fingerprint density at radius 2 is 2.27 bits per heavy atom. The molecular formula is C12H13NO2. The molecule has 2 aromatic rings. The summed E-state index contributed by atoms with van der Waals surface area (Å²) >= 11 is 0. The number of aromatic nitrogens is 1. The summed E-state index contributed by atoms with van der Waals surface area (Å²) in [5, 5.41) is 9.91. The zero-order valence-electron chi connectivity index (χ0n) is 8.55. The highest BCUT2D eigenvalue weighted by Gasteiger charge is 2.02. The van der Waals surface area contributed by atoms with E-state index in [1.165, 1.54) is 0 Å². The standard InChI is InChI=1S/C12H13NO2/c1-9(8-14)15-11-4-5-12-10(7-11)3-2-6-13-12/h2-7,9,14H,8H2,1H3. The molecule has 0 aliphatic heterocycles. The zero-order valence-corrected chi connectivity index (χ0v) is 8.55. The van der Waals surface area contributed by atoms with Crippen molar-refractivity contribution in [3.63, 3.8) is 0 Å². The highest BCUT2D eigenvalue weighted by molar-refractivity contribution is 5.79. The van der Waals surface area contributed by atoms with Crippen molar-refractivity contribution in [2.45, 2.75) is 13.0 Å². The van der Waals surface area contributed by atoms with E-state index < -0.39 is 0 Å². The number of fused-ring (bicyclic) bond motifs is 1. The van der Waals surface area contributed by atoms with Crippen LogP contribution in [-0.2, 0) is 0 Å². The van der Waals surface area contributed by atoms with E-state index in [0.717, 1.165) is 16.7 Å². The molecule has 0 saturated heterocycles. The Morgan fingerprint density at radius 3 is 3.07 bits per heavy atom. The summed E-state index contributed by atoms with van der Waals surface area (Å²) in [4.78, 5) is 4.22. The molecule has 0 spiro atoms. The molecule has 3 nitrogen and oxygen atoms in total. The zero-order chi connectivity index (χ0) is 10.7. The number of aliphatic hydroxyl groups is 1. The Morgan fingerprint density at radius 1 is 1.40 bits per heavy atom. The quantitative estimate of drug-likeness (QED) is 0.829. The summed E-state index contributed by atoms with van der Waals surface area (Å²) in [7, 11) is 0. The van der Waals surface area contributed by atoms with E-state index in [4.69, 9.17) is 9.84 Å². The maximum atomic E-state index is 8.87. The van der Waals surface area contributed by atoms with Gasteiger partial charge in [0.25, 0.3) is 0 Å². The molecule has 0 amide bonds. The van der Waals surface area contributed by atoms with Crippen LogP contribution in [0.15, 0.2) is 36.5 Å². The molecule has 15 heavy (non-hydrogen) atoms. The third kappa shape index (κ3) is 2.25. The summed E-state index contributed by atoms with van der Waals surface area (Å²) in [6.45, 7) is 1.85. The minimum atomic E-state index is -0.181. The van der Waals surface area contributed by atoms with Crippen LogP contribution in [0, 0.1) is 0 Å². The van der Waals surface area contributed by atoms with Crippen LogP contribution in [0.5, 0.6) is 5.75 Å². The van der Waals surface area contributed by atoms with Gasteiger partial charge in [0.2, 0.25) is 0 Å². The van der Waals surface area contributed by atoms with Gasteiger partial charge in [0.15, 0.2) is 0 Å². The molecule has 0 radical (unpaired) electrons. The number of benzene rings is 1. The third-order valence-corrected chi connectivity index (χ3v) is 2.17. The highest BCUT2D eigenvalue weighted by Crippen LogP contribution is 2.19. The number of pyridine rings is 1. The SMILES string of the molecule is CC(CO)Oc1ccc2ncccc2c1. The van der Waals surface area contributed by atoms with Gasteiger partial charge in [0, 0.05) is 11.6 Å². The molecule has 3 heteroatoms. The van der Waals surface area contributed by atoms with E-state index in [9.17, 15) is 0 Å². The second kappa shape index (κ2) is 4.28. The molecule has 1 atom stereocenters. The van der Waals surface area contributed by atoms with Gasteiger partial charge in [-0.05, 0) is 31.2 Å². The van der Waals surface area contributed by atoms with Gasteiger partial charge in [-0.25, -0.2) is 0 Å². The minimum Gasteiger partial charge on any atom is -0.488 e. The van der Waals surface area contributed by atoms with Crippen LogP contribution >= 0.6 is 0 Å². The van der Waals surface area contributed by atoms with Crippen molar-refractivity contribution >= 4 is 10.9 Å². The molecule has 0 bridgehead atoms. The number of ether oxygens (including phenoxy) is 1. The largest absolute Gasteiger partial charge is 0.488 e. The summed E-state index contributed by atoms with van der Waals surface area (Å²) < 4.78 is 5.49. The van der Waals surface area contributed by atoms with Crippen LogP contribution in [-0.4, -0.2) is 22.8 Å². The maximum absolute atomic E-state index is 8.87. The summed E-state index contributed by atoms with van der Waals surface area (Å²) in [6, 6.07) is 9.57. The molecule has 0 saturated carbocycles. The summed E-state index contributed by atoms with van der Waals surface area (Å²) in [5.74, 6) is 0.761. The Hall–Kier alpha value is -1.61. The lowest BCUT2D eigenvalue weighted by atomic mass is 10.2. The van der Waals surface area contributed by atoms with Gasteiger partial charge < -0.3 is 9.84 Å². The van der Waals surface area contributed by atoms with E-state index >= 15 is 0 Å². The first-order chi connectivity index (χ1) is 7.29. The lowest BCUT2D eigenvalue weighted by Crippen LogP contribution is -2.16. The average molecular weight is 203 g/mol. The molecule has 1 aromatic carbocycles. The monoisotopic (exact) mass is 203 g/mol. The second-order valence-electron chi connectivity index (χ2n) is 3.47. The van der Waals surface area contributed by atoms with Crippen molar-refractivity contribution in [2.24, 2.45) is 0 Å².